The lowest BCUT2D eigenvalue weighted by molar-refractivity contribution is 0.307. The van der Waals surface area contributed by atoms with Gasteiger partial charge in [-0.05, 0) is 71.2 Å². The Balaban J connectivity index is 2.03. The molecule has 0 aromatic heterocycles. The van der Waals surface area contributed by atoms with E-state index in [1.165, 1.54) is 6.07 Å². The molecule has 1 heterocycles. The molecular weight excluding hydrogens is 361 g/mol. The number of nitrogens with one attached hydrogen (secondary N) is 1. The summed E-state index contributed by atoms with van der Waals surface area (Å²) in [5.74, 6) is 0.538. The van der Waals surface area contributed by atoms with Crippen LogP contribution in [0.25, 0.3) is 11.1 Å². The highest BCUT2D eigenvalue weighted by Crippen LogP contribution is 2.41. The Labute approximate surface area is 163 Å². The van der Waals surface area contributed by atoms with Gasteiger partial charge in [-0.3, -0.25) is 0 Å². The van der Waals surface area contributed by atoms with Crippen LogP contribution in [0.5, 0.6) is 5.75 Å². The number of para-hydroxylation sites is 1. The lowest BCUT2D eigenvalue weighted by Crippen LogP contribution is -1.97. The minimum Gasteiger partial charge on any atom is -0.488 e. The second-order valence-electron chi connectivity index (χ2n) is 6.56. The Morgan fingerprint density at radius 2 is 1.85 bits per heavy atom. The third-order valence-corrected chi connectivity index (χ3v) is 5.11. The topological polar surface area (TPSA) is 21.3 Å². The van der Waals surface area contributed by atoms with E-state index in [9.17, 15) is 4.39 Å². The van der Waals surface area contributed by atoms with E-state index in [0.717, 1.165) is 44.8 Å². The van der Waals surface area contributed by atoms with Crippen LogP contribution in [0.1, 0.15) is 29.2 Å². The van der Waals surface area contributed by atoms with Gasteiger partial charge in [0.05, 0.1) is 0 Å². The van der Waals surface area contributed by atoms with Crippen LogP contribution >= 0.6 is 11.6 Å². The number of halogens is 2. The van der Waals surface area contributed by atoms with E-state index in [-0.39, 0.29) is 5.82 Å². The Morgan fingerprint density at radius 3 is 2.67 bits per heavy atom. The number of fused-ring (bicyclic) bond motifs is 2. The first-order chi connectivity index (χ1) is 13.1. The van der Waals surface area contributed by atoms with Gasteiger partial charge in [-0.15, -0.1) is 0 Å². The lowest BCUT2D eigenvalue weighted by atomic mass is 9.88. The van der Waals surface area contributed by atoms with Crippen molar-refractivity contribution in [1.82, 2.24) is 0 Å². The van der Waals surface area contributed by atoms with Gasteiger partial charge in [-0.2, -0.15) is 0 Å². The standard InChI is InChI=1S/C23H19ClFNO/c1-14(15-10-18(25)12-19(11-15)26-2)23-20-8-7-17(24)9-16(20)13-27-22-6-4-3-5-21(22)23/h3-12,26H,13H2,1-2H3/b23-14+. The molecular formula is C23H19ClFNO. The van der Waals surface area contributed by atoms with Crippen molar-refractivity contribution in [1.29, 1.82) is 0 Å². The summed E-state index contributed by atoms with van der Waals surface area (Å²) in [6, 6.07) is 18.8. The van der Waals surface area contributed by atoms with Crippen molar-refractivity contribution in [2.45, 2.75) is 13.5 Å². The van der Waals surface area contributed by atoms with Crippen molar-refractivity contribution in [2.75, 3.05) is 12.4 Å². The van der Waals surface area contributed by atoms with Crippen molar-refractivity contribution in [3.8, 4) is 5.75 Å². The van der Waals surface area contributed by atoms with Crippen LogP contribution in [0.2, 0.25) is 5.02 Å². The molecule has 0 unspecified atom stereocenters. The molecule has 1 aliphatic heterocycles. The van der Waals surface area contributed by atoms with Crippen molar-refractivity contribution >= 4 is 28.4 Å². The van der Waals surface area contributed by atoms with Crippen molar-refractivity contribution < 1.29 is 9.13 Å². The molecule has 0 spiro atoms. The predicted octanol–water partition coefficient (Wildman–Crippen LogP) is 6.39. The SMILES string of the molecule is CNc1cc(F)cc(/C(C)=C2\c3ccc(Cl)cc3COc3ccccc32)c1. The molecule has 0 saturated heterocycles. The van der Waals surface area contributed by atoms with Crippen LogP contribution in [-0.2, 0) is 6.61 Å². The van der Waals surface area contributed by atoms with E-state index in [1.807, 2.05) is 55.5 Å². The van der Waals surface area contributed by atoms with Crippen LogP contribution in [-0.4, -0.2) is 7.05 Å². The molecule has 0 atom stereocenters. The minimum atomic E-state index is -0.272. The van der Waals surface area contributed by atoms with E-state index in [0.29, 0.717) is 11.6 Å². The minimum absolute atomic E-state index is 0.272. The van der Waals surface area contributed by atoms with Crippen molar-refractivity contribution in [3.05, 3.63) is 93.8 Å². The second kappa shape index (κ2) is 7.09. The lowest BCUT2D eigenvalue weighted by Gasteiger charge is -2.16. The Bertz CT molecular complexity index is 1060. The van der Waals surface area contributed by atoms with Crippen molar-refractivity contribution in [3.63, 3.8) is 0 Å². The summed E-state index contributed by atoms with van der Waals surface area (Å²) in [7, 11) is 1.78. The van der Waals surface area contributed by atoms with Gasteiger partial charge in [0.1, 0.15) is 18.2 Å². The molecule has 3 aromatic carbocycles. The molecule has 27 heavy (non-hydrogen) atoms. The molecule has 1 aliphatic rings. The van der Waals surface area contributed by atoms with Crippen molar-refractivity contribution in [2.24, 2.45) is 0 Å². The number of rotatable bonds is 2. The van der Waals surface area contributed by atoms with Gasteiger partial charge in [-0.1, -0.05) is 35.9 Å². The molecule has 1 N–H and O–H groups in total. The molecule has 4 heteroatoms. The van der Waals surface area contributed by atoms with Gasteiger partial charge in [0.25, 0.3) is 0 Å². The maximum atomic E-state index is 14.2. The maximum absolute atomic E-state index is 14.2. The van der Waals surface area contributed by atoms with Crippen LogP contribution in [0.15, 0.2) is 60.7 Å². The monoisotopic (exact) mass is 379 g/mol. The van der Waals surface area contributed by atoms with E-state index in [1.54, 1.807) is 13.1 Å². The summed E-state index contributed by atoms with van der Waals surface area (Å²) in [6.45, 7) is 2.46. The smallest absolute Gasteiger partial charge is 0.127 e. The Morgan fingerprint density at radius 1 is 1.04 bits per heavy atom. The number of allylic oxidation sites excluding steroid dienone is 1. The van der Waals surface area contributed by atoms with Gasteiger partial charge < -0.3 is 10.1 Å². The fourth-order valence-electron chi connectivity index (χ4n) is 3.52. The molecule has 0 amide bonds. The number of benzene rings is 3. The first kappa shape index (κ1) is 17.6. The van der Waals surface area contributed by atoms with Gasteiger partial charge in [0.15, 0.2) is 0 Å². The van der Waals surface area contributed by atoms with E-state index >= 15 is 0 Å². The molecule has 0 fully saturated rings. The summed E-state index contributed by atoms with van der Waals surface area (Å²) < 4.78 is 20.2. The molecule has 3 aromatic rings. The zero-order valence-electron chi connectivity index (χ0n) is 15.1. The third kappa shape index (κ3) is 3.31. The number of hydrogen-bond donors (Lipinski definition) is 1. The zero-order chi connectivity index (χ0) is 19.0. The average Bonchev–Trinajstić information content (AvgIpc) is 2.83. The number of hydrogen-bond acceptors (Lipinski definition) is 2. The van der Waals surface area contributed by atoms with Crippen LogP contribution in [0.3, 0.4) is 0 Å². The summed E-state index contributed by atoms with van der Waals surface area (Å²) in [6.07, 6.45) is 0. The summed E-state index contributed by atoms with van der Waals surface area (Å²) in [5.41, 5.74) is 6.63. The summed E-state index contributed by atoms with van der Waals surface area (Å²) in [4.78, 5) is 0. The summed E-state index contributed by atoms with van der Waals surface area (Å²) >= 11 is 6.22. The zero-order valence-corrected chi connectivity index (χ0v) is 15.9. The second-order valence-corrected chi connectivity index (χ2v) is 7.00. The van der Waals surface area contributed by atoms with E-state index in [4.69, 9.17) is 16.3 Å². The normalized spacial score (nSPS) is 14.5. The quantitative estimate of drug-likeness (QED) is 0.556. The van der Waals surface area contributed by atoms with Crippen LogP contribution < -0.4 is 10.1 Å². The average molecular weight is 380 g/mol. The fraction of sp³-hybridized carbons (Fsp3) is 0.130. The molecule has 136 valence electrons. The third-order valence-electron chi connectivity index (χ3n) is 4.87. The highest BCUT2D eigenvalue weighted by atomic mass is 35.5. The van der Waals surface area contributed by atoms with Crippen LogP contribution in [0.4, 0.5) is 10.1 Å². The highest BCUT2D eigenvalue weighted by molar-refractivity contribution is 6.30. The molecule has 0 radical (unpaired) electrons. The van der Waals surface area contributed by atoms with Gasteiger partial charge in [0.2, 0.25) is 0 Å². The first-order valence-corrected chi connectivity index (χ1v) is 9.15. The Hall–Kier alpha value is -2.78. The largest absolute Gasteiger partial charge is 0.488 e. The highest BCUT2D eigenvalue weighted by Gasteiger charge is 2.22. The summed E-state index contributed by atoms with van der Waals surface area (Å²) in [5, 5.41) is 3.69. The number of ether oxygens (including phenoxy) is 1. The maximum Gasteiger partial charge on any atom is 0.127 e. The molecule has 4 rings (SSSR count). The van der Waals surface area contributed by atoms with E-state index in [2.05, 4.69) is 5.32 Å². The van der Waals surface area contributed by atoms with Gasteiger partial charge in [-0.25, -0.2) is 4.39 Å². The molecule has 0 aliphatic carbocycles. The molecule has 0 bridgehead atoms. The first-order valence-electron chi connectivity index (χ1n) is 8.77. The number of anilines is 1. The fourth-order valence-corrected chi connectivity index (χ4v) is 3.72. The van der Waals surface area contributed by atoms with Crippen LogP contribution in [0, 0.1) is 5.82 Å². The van der Waals surface area contributed by atoms with Gasteiger partial charge in [0, 0.05) is 23.3 Å². The molecule has 2 nitrogen and oxygen atoms in total. The van der Waals surface area contributed by atoms with E-state index < -0.39 is 0 Å². The molecule has 0 saturated carbocycles. The van der Waals surface area contributed by atoms with Gasteiger partial charge >= 0.3 is 0 Å². The Kier molecular flexibility index (Phi) is 4.63. The predicted molar refractivity (Wildman–Crippen MR) is 110 cm³/mol.